The Morgan fingerprint density at radius 3 is 2.56 bits per heavy atom. The number of nitrogens with one attached hydrogen (secondary N) is 1. The average Bonchev–Trinajstić information content (AvgIpc) is 2.80. The Kier molecular flexibility index (Phi) is 6.39. The molecule has 1 aromatic heterocycles. The highest BCUT2D eigenvalue weighted by molar-refractivity contribution is 5.96. The third kappa shape index (κ3) is 5.26. The van der Waals surface area contributed by atoms with Crippen molar-refractivity contribution in [3.63, 3.8) is 0 Å². The van der Waals surface area contributed by atoms with Crippen LogP contribution in [0.3, 0.4) is 0 Å². The Morgan fingerprint density at radius 2 is 1.84 bits per heavy atom. The number of pyridine rings is 1. The summed E-state index contributed by atoms with van der Waals surface area (Å²) in [5.74, 6) is -1.02. The Labute approximate surface area is 183 Å². The van der Waals surface area contributed by atoms with Gasteiger partial charge < -0.3 is 15.0 Å². The summed E-state index contributed by atoms with van der Waals surface area (Å²) in [7, 11) is 0. The molecule has 2 aromatic carbocycles. The molecule has 1 fully saturated rings. The number of amides is 2. The molecule has 6 nitrogen and oxygen atoms in total. The van der Waals surface area contributed by atoms with E-state index in [0.29, 0.717) is 36.4 Å². The highest BCUT2D eigenvalue weighted by Gasteiger charge is 2.29. The Hall–Kier alpha value is -3.81. The summed E-state index contributed by atoms with van der Waals surface area (Å²) in [5.41, 5.74) is 0.883. The molecule has 164 valence electrons. The maximum absolute atomic E-state index is 13.3. The minimum absolute atomic E-state index is 0.206. The lowest BCUT2D eigenvalue weighted by Crippen LogP contribution is -2.43. The van der Waals surface area contributed by atoms with Gasteiger partial charge in [-0.2, -0.15) is 0 Å². The molecule has 0 saturated carbocycles. The summed E-state index contributed by atoms with van der Waals surface area (Å²) in [4.78, 5) is 31.2. The van der Waals surface area contributed by atoms with Crippen LogP contribution >= 0.6 is 0 Å². The van der Waals surface area contributed by atoms with Crippen molar-refractivity contribution in [1.29, 1.82) is 0 Å². The zero-order valence-electron chi connectivity index (χ0n) is 17.1. The molecule has 2 heterocycles. The first-order valence-corrected chi connectivity index (χ1v) is 10.2. The molecule has 8 heteroatoms. The number of rotatable bonds is 5. The van der Waals surface area contributed by atoms with Gasteiger partial charge in [0.25, 0.3) is 5.91 Å². The monoisotopic (exact) mass is 437 g/mol. The van der Waals surface area contributed by atoms with Crippen LogP contribution in [0.15, 0.2) is 66.9 Å². The van der Waals surface area contributed by atoms with Crippen molar-refractivity contribution in [3.05, 3.63) is 84.1 Å². The van der Waals surface area contributed by atoms with Crippen LogP contribution in [-0.2, 0) is 4.79 Å². The molecular formula is C24H21F2N3O3. The highest BCUT2D eigenvalue weighted by atomic mass is 19.1. The minimum atomic E-state index is -0.411. The topological polar surface area (TPSA) is 71.5 Å². The number of hydrogen-bond donors (Lipinski definition) is 1. The van der Waals surface area contributed by atoms with Crippen LogP contribution in [0.4, 0.5) is 14.5 Å². The predicted octanol–water partition coefficient (Wildman–Crippen LogP) is 4.64. The molecule has 1 saturated heterocycles. The lowest BCUT2D eigenvalue weighted by molar-refractivity contribution is -0.121. The quantitative estimate of drug-likeness (QED) is 0.631. The number of halogens is 2. The predicted molar refractivity (Wildman–Crippen MR) is 114 cm³/mol. The molecule has 4 rings (SSSR count). The van der Waals surface area contributed by atoms with E-state index in [-0.39, 0.29) is 30.2 Å². The smallest absolute Gasteiger partial charge is 0.253 e. The van der Waals surface area contributed by atoms with Gasteiger partial charge in [-0.05, 0) is 55.3 Å². The number of nitrogens with zero attached hydrogens (tertiary/aromatic N) is 2. The van der Waals surface area contributed by atoms with Crippen LogP contribution in [-0.4, -0.2) is 34.8 Å². The van der Waals surface area contributed by atoms with Gasteiger partial charge in [-0.1, -0.05) is 6.07 Å². The van der Waals surface area contributed by atoms with Crippen molar-refractivity contribution in [1.82, 2.24) is 9.88 Å². The van der Waals surface area contributed by atoms with Gasteiger partial charge in [0.05, 0.1) is 17.8 Å². The van der Waals surface area contributed by atoms with Gasteiger partial charge in [0, 0.05) is 30.8 Å². The molecule has 0 spiro atoms. The Bertz CT molecular complexity index is 1100. The van der Waals surface area contributed by atoms with E-state index in [9.17, 15) is 18.4 Å². The van der Waals surface area contributed by atoms with E-state index in [1.54, 1.807) is 23.1 Å². The third-order valence-corrected chi connectivity index (χ3v) is 5.19. The van der Waals surface area contributed by atoms with Crippen molar-refractivity contribution in [2.24, 2.45) is 5.92 Å². The second-order valence-electron chi connectivity index (χ2n) is 7.53. The van der Waals surface area contributed by atoms with Gasteiger partial charge in [0.15, 0.2) is 0 Å². The van der Waals surface area contributed by atoms with Crippen LogP contribution in [0.25, 0.3) is 0 Å². The number of carbonyl (C=O) groups excluding carboxylic acids is 2. The van der Waals surface area contributed by atoms with Crippen LogP contribution in [0.2, 0.25) is 0 Å². The molecule has 1 N–H and O–H groups in total. The molecule has 32 heavy (non-hydrogen) atoms. The number of ether oxygens (including phenoxy) is 1. The van der Waals surface area contributed by atoms with Crippen molar-refractivity contribution in [2.45, 2.75) is 12.8 Å². The van der Waals surface area contributed by atoms with Crippen LogP contribution in [0.5, 0.6) is 11.6 Å². The first kappa shape index (κ1) is 21.4. The minimum Gasteiger partial charge on any atom is -0.439 e. The molecule has 0 radical (unpaired) electrons. The van der Waals surface area contributed by atoms with Gasteiger partial charge in [0.2, 0.25) is 11.8 Å². The van der Waals surface area contributed by atoms with Crippen LogP contribution in [0.1, 0.15) is 23.2 Å². The van der Waals surface area contributed by atoms with E-state index in [2.05, 4.69) is 10.3 Å². The standard InChI is InChI=1S/C24H21F2N3O3/c25-18-8-6-16(7-9-18)24(31)29-12-2-3-17(15-29)23(30)28-20-10-11-22(27-14-20)32-21-5-1-4-19(26)13-21/h1,4-11,13-14,17H,2-3,12,15H2,(H,28,30)/t17-/m0/s1. The number of benzene rings is 2. The second kappa shape index (κ2) is 9.55. The maximum Gasteiger partial charge on any atom is 0.253 e. The maximum atomic E-state index is 13.3. The summed E-state index contributed by atoms with van der Waals surface area (Å²) >= 11 is 0. The fraction of sp³-hybridized carbons (Fsp3) is 0.208. The van der Waals surface area contributed by atoms with Crippen molar-refractivity contribution in [3.8, 4) is 11.6 Å². The normalized spacial score (nSPS) is 15.8. The Balaban J connectivity index is 1.34. The summed E-state index contributed by atoms with van der Waals surface area (Å²) in [6, 6.07) is 14.3. The molecule has 1 atom stereocenters. The van der Waals surface area contributed by atoms with Crippen molar-refractivity contribution < 1.29 is 23.1 Å². The molecule has 1 aliphatic rings. The van der Waals surface area contributed by atoms with Gasteiger partial charge >= 0.3 is 0 Å². The lowest BCUT2D eigenvalue weighted by atomic mass is 9.96. The first-order valence-electron chi connectivity index (χ1n) is 10.2. The lowest BCUT2D eigenvalue weighted by Gasteiger charge is -2.32. The highest BCUT2D eigenvalue weighted by Crippen LogP contribution is 2.23. The summed E-state index contributed by atoms with van der Waals surface area (Å²) in [6.45, 7) is 0.837. The molecule has 2 amide bonds. The van der Waals surface area contributed by atoms with Crippen molar-refractivity contribution in [2.75, 3.05) is 18.4 Å². The largest absolute Gasteiger partial charge is 0.439 e. The number of carbonyl (C=O) groups is 2. The molecular weight excluding hydrogens is 416 g/mol. The number of anilines is 1. The molecule has 0 aliphatic carbocycles. The third-order valence-electron chi connectivity index (χ3n) is 5.19. The van der Waals surface area contributed by atoms with E-state index in [4.69, 9.17) is 4.74 Å². The second-order valence-corrected chi connectivity index (χ2v) is 7.53. The van der Waals surface area contributed by atoms with E-state index in [0.717, 1.165) is 0 Å². The summed E-state index contributed by atoms with van der Waals surface area (Å²) in [5, 5.41) is 2.81. The summed E-state index contributed by atoms with van der Waals surface area (Å²) < 4.78 is 31.9. The van der Waals surface area contributed by atoms with Gasteiger partial charge in [0.1, 0.15) is 17.4 Å². The van der Waals surface area contributed by atoms with E-state index >= 15 is 0 Å². The number of aromatic nitrogens is 1. The van der Waals surface area contributed by atoms with Gasteiger partial charge in [-0.15, -0.1) is 0 Å². The Morgan fingerprint density at radius 1 is 1.03 bits per heavy atom. The summed E-state index contributed by atoms with van der Waals surface area (Å²) in [6.07, 6.45) is 2.81. The number of piperidine rings is 1. The molecule has 3 aromatic rings. The zero-order valence-corrected chi connectivity index (χ0v) is 17.1. The molecule has 0 unspecified atom stereocenters. The number of hydrogen-bond acceptors (Lipinski definition) is 4. The average molecular weight is 437 g/mol. The van der Waals surface area contributed by atoms with Gasteiger partial charge in [-0.3, -0.25) is 9.59 Å². The molecule has 1 aliphatic heterocycles. The SMILES string of the molecule is O=C(Nc1ccc(Oc2cccc(F)c2)nc1)[C@H]1CCCN(C(=O)c2ccc(F)cc2)C1. The van der Waals surface area contributed by atoms with Crippen LogP contribution in [0, 0.1) is 17.6 Å². The zero-order chi connectivity index (χ0) is 22.5. The first-order chi connectivity index (χ1) is 15.5. The van der Waals surface area contributed by atoms with E-state index in [1.807, 2.05) is 0 Å². The fourth-order valence-electron chi connectivity index (χ4n) is 3.56. The fourth-order valence-corrected chi connectivity index (χ4v) is 3.56. The van der Waals surface area contributed by atoms with Crippen LogP contribution < -0.4 is 10.1 Å². The molecule has 0 bridgehead atoms. The van der Waals surface area contributed by atoms with E-state index < -0.39 is 11.6 Å². The van der Waals surface area contributed by atoms with Gasteiger partial charge in [-0.25, -0.2) is 13.8 Å². The number of likely N-dealkylation sites (tertiary alicyclic amines) is 1. The van der Waals surface area contributed by atoms with Crippen molar-refractivity contribution >= 4 is 17.5 Å². The van der Waals surface area contributed by atoms with E-state index in [1.165, 1.54) is 48.7 Å².